The van der Waals surface area contributed by atoms with Crippen molar-refractivity contribution in [1.82, 2.24) is 0 Å². The van der Waals surface area contributed by atoms with E-state index in [4.69, 9.17) is 0 Å². The average Bonchev–Trinajstić information content (AvgIpc) is 3.29. The third-order valence-electron chi connectivity index (χ3n) is 11.1. The van der Waals surface area contributed by atoms with Crippen LogP contribution in [-0.2, 0) is 20.2 Å². The molecule has 16 nitrogen and oxygen atoms in total. The van der Waals surface area contributed by atoms with Crippen LogP contribution in [0.25, 0.3) is 21.5 Å². The van der Waals surface area contributed by atoms with Gasteiger partial charge in [0.15, 0.2) is 5.75 Å². The first kappa shape index (κ1) is 46.6. The fraction of sp³-hybridized carbons (Fsp3) is 0.120. The number of nitrogens with zero attached hydrogens (tertiary/aromatic N) is 8. The van der Waals surface area contributed by atoms with E-state index in [1.807, 2.05) is 107 Å². The van der Waals surface area contributed by atoms with Gasteiger partial charge >= 0.3 is 0 Å². The Morgan fingerprint density at radius 2 is 0.794 bits per heavy atom. The predicted molar refractivity (Wildman–Crippen MR) is 263 cm³/mol. The summed E-state index contributed by atoms with van der Waals surface area (Å²) in [6.45, 7) is 11.2. The Hall–Kier alpha value is -7.90. The molecule has 4 N–H and O–H groups in total. The molecule has 0 saturated heterocycles. The van der Waals surface area contributed by atoms with E-state index in [2.05, 4.69) is 46.2 Å². The molecule has 0 atom stereocenters. The Kier molecular flexibility index (Phi) is 12.9. The fourth-order valence-electron chi connectivity index (χ4n) is 7.36. The van der Waals surface area contributed by atoms with E-state index in [1.165, 1.54) is 12.1 Å². The quantitative estimate of drug-likeness (QED) is 0.0676. The van der Waals surface area contributed by atoms with Crippen molar-refractivity contribution in [2.24, 2.45) is 40.9 Å². The molecule has 0 heterocycles. The first-order valence-corrected chi connectivity index (χ1v) is 23.8. The normalized spacial score (nSPS) is 12.5. The third-order valence-corrected chi connectivity index (χ3v) is 12.9. The summed E-state index contributed by atoms with van der Waals surface area (Å²) >= 11 is 0. The highest BCUT2D eigenvalue weighted by Gasteiger charge is 2.21. The number of rotatable bonds is 12. The van der Waals surface area contributed by atoms with E-state index in [1.54, 1.807) is 32.0 Å². The predicted octanol–water partition coefficient (Wildman–Crippen LogP) is 15.4. The van der Waals surface area contributed by atoms with Gasteiger partial charge in [-0.05, 0) is 177 Å². The Bertz CT molecular complexity index is 3690. The zero-order chi connectivity index (χ0) is 48.5. The van der Waals surface area contributed by atoms with E-state index in [0.29, 0.717) is 56.3 Å². The summed E-state index contributed by atoms with van der Waals surface area (Å²) in [7, 11) is -9.48. The van der Waals surface area contributed by atoms with Crippen LogP contribution in [0.5, 0.6) is 5.75 Å². The van der Waals surface area contributed by atoms with Crippen LogP contribution in [0.2, 0.25) is 0 Å². The highest BCUT2D eigenvalue weighted by atomic mass is 32.2. The van der Waals surface area contributed by atoms with Crippen molar-refractivity contribution in [3.05, 3.63) is 161 Å². The molecule has 0 amide bonds. The van der Waals surface area contributed by atoms with Crippen molar-refractivity contribution in [2.45, 2.75) is 51.3 Å². The maximum Gasteiger partial charge on any atom is 0.296 e. The molecular weight excluding hydrogens is 903 g/mol. The molecule has 68 heavy (non-hydrogen) atoms. The van der Waals surface area contributed by atoms with Crippen LogP contribution < -0.4 is 5.32 Å². The standard InChI is InChI=1S/C50H43N9O7S2/c1-28-20-42(29(2)19-41(28)53-52-40-18-15-35-25-37(16-17-38(35)50(40)60)51-36-12-8-7-9-13-36)54-55-43-21-31(4)44(22-30(43)3)56-57-45-23-33(6)46(24-32(45)5)58-59-47-27-39-34(26-49(47)68(64,65)66)11-10-14-48(39)67(61,62)63/h7-27,51,60H,1-6H3,(H,61,62,63)(H,64,65,66). The number of hydrogen-bond acceptors (Lipinski definition) is 14. The zero-order valence-electron chi connectivity index (χ0n) is 37.5. The Labute approximate surface area is 392 Å². The van der Waals surface area contributed by atoms with Crippen molar-refractivity contribution in [2.75, 3.05) is 5.32 Å². The lowest BCUT2D eigenvalue weighted by Crippen LogP contribution is -2.01. The Morgan fingerprint density at radius 1 is 0.368 bits per heavy atom. The minimum absolute atomic E-state index is 0.00832. The van der Waals surface area contributed by atoms with E-state index >= 15 is 0 Å². The molecule has 8 rings (SSSR count). The summed E-state index contributed by atoms with van der Waals surface area (Å²) in [5.41, 5.74) is 9.89. The number of nitrogens with one attached hydrogen (secondary N) is 1. The van der Waals surface area contributed by atoms with Crippen LogP contribution in [0, 0.1) is 41.5 Å². The third kappa shape index (κ3) is 10.2. The summed E-state index contributed by atoms with van der Waals surface area (Å²) < 4.78 is 68.4. The highest BCUT2D eigenvalue weighted by molar-refractivity contribution is 7.86. The number of azo groups is 4. The van der Waals surface area contributed by atoms with E-state index in [9.17, 15) is 31.0 Å². The summed E-state index contributed by atoms with van der Waals surface area (Å²) in [5, 5.41) is 51.5. The summed E-state index contributed by atoms with van der Waals surface area (Å²) in [6, 6.07) is 36.3. The molecule has 342 valence electrons. The number of aromatic hydroxyl groups is 1. The van der Waals surface area contributed by atoms with Gasteiger partial charge < -0.3 is 10.4 Å². The van der Waals surface area contributed by atoms with Crippen molar-refractivity contribution in [3.63, 3.8) is 0 Å². The Balaban J connectivity index is 0.966. The minimum atomic E-state index is -4.81. The lowest BCUT2D eigenvalue weighted by Gasteiger charge is -2.09. The molecule has 8 aromatic carbocycles. The SMILES string of the molecule is Cc1cc(N=Nc2cc(C)c(N=Nc3ccc4cc(Nc5ccccc5)ccc4c3O)cc2C)c(C)cc1N=Nc1cc(C)c(N=Nc2cc3c(S(=O)(=O)O)cccc3cc2S(=O)(=O)O)cc1C. The topological polar surface area (TPSA) is 240 Å². The summed E-state index contributed by atoms with van der Waals surface area (Å²) in [5.74, 6) is 0.0422. The van der Waals surface area contributed by atoms with Crippen LogP contribution in [-0.4, -0.2) is 31.0 Å². The van der Waals surface area contributed by atoms with Gasteiger partial charge in [-0.3, -0.25) is 9.11 Å². The van der Waals surface area contributed by atoms with Crippen LogP contribution >= 0.6 is 0 Å². The van der Waals surface area contributed by atoms with Gasteiger partial charge in [-0.15, -0.1) is 10.2 Å². The van der Waals surface area contributed by atoms with Crippen molar-refractivity contribution in [1.29, 1.82) is 0 Å². The zero-order valence-corrected chi connectivity index (χ0v) is 39.1. The van der Waals surface area contributed by atoms with Gasteiger partial charge in [0.25, 0.3) is 20.2 Å². The monoisotopic (exact) mass is 945 g/mol. The number of phenols is 1. The summed E-state index contributed by atoms with van der Waals surface area (Å²) in [4.78, 5) is -1.05. The van der Waals surface area contributed by atoms with Crippen LogP contribution in [0.4, 0.5) is 56.9 Å². The van der Waals surface area contributed by atoms with Gasteiger partial charge in [0, 0.05) is 22.1 Å². The molecule has 0 aliphatic heterocycles. The number of phenolic OH excluding ortho intramolecular Hbond substituents is 1. The van der Waals surface area contributed by atoms with Crippen LogP contribution in [0.3, 0.4) is 0 Å². The molecule has 0 radical (unpaired) electrons. The first-order valence-electron chi connectivity index (χ1n) is 20.9. The number of fused-ring (bicyclic) bond motifs is 2. The van der Waals surface area contributed by atoms with Gasteiger partial charge in [-0.1, -0.05) is 36.4 Å². The molecule has 18 heteroatoms. The van der Waals surface area contributed by atoms with E-state index in [-0.39, 0.29) is 22.2 Å². The van der Waals surface area contributed by atoms with E-state index < -0.39 is 30.0 Å². The maximum atomic E-state index is 12.3. The number of hydrogen-bond donors (Lipinski definition) is 4. The molecule has 0 fully saturated rings. The second kappa shape index (κ2) is 18.8. The first-order chi connectivity index (χ1) is 32.3. The number of para-hydroxylation sites is 1. The lowest BCUT2D eigenvalue weighted by molar-refractivity contribution is 0.482. The second-order valence-corrected chi connectivity index (χ2v) is 19.0. The van der Waals surface area contributed by atoms with Crippen molar-refractivity contribution < 1.29 is 31.0 Å². The fourth-order valence-corrected chi connectivity index (χ4v) is 8.70. The molecule has 0 aliphatic rings. The lowest BCUT2D eigenvalue weighted by atomic mass is 10.1. The number of aryl methyl sites for hydroxylation is 6. The van der Waals surface area contributed by atoms with Crippen molar-refractivity contribution >= 4 is 98.7 Å². The van der Waals surface area contributed by atoms with Gasteiger partial charge in [-0.25, -0.2) is 0 Å². The van der Waals surface area contributed by atoms with Gasteiger partial charge in [0.1, 0.15) is 21.2 Å². The molecule has 0 saturated carbocycles. The molecule has 8 aromatic rings. The maximum absolute atomic E-state index is 12.3. The molecule has 0 bridgehead atoms. The molecule has 0 unspecified atom stereocenters. The van der Waals surface area contributed by atoms with Gasteiger partial charge in [-0.2, -0.15) is 47.5 Å². The van der Waals surface area contributed by atoms with Crippen molar-refractivity contribution in [3.8, 4) is 5.75 Å². The van der Waals surface area contributed by atoms with Gasteiger partial charge in [0.05, 0.1) is 34.1 Å². The molecule has 0 aromatic heterocycles. The van der Waals surface area contributed by atoms with Crippen LogP contribution in [0.15, 0.2) is 178 Å². The minimum Gasteiger partial charge on any atom is -0.505 e. The smallest absolute Gasteiger partial charge is 0.296 e. The van der Waals surface area contributed by atoms with E-state index in [0.717, 1.165) is 57.2 Å². The Morgan fingerprint density at radius 3 is 1.25 bits per heavy atom. The average molecular weight is 946 g/mol. The largest absolute Gasteiger partial charge is 0.505 e. The van der Waals surface area contributed by atoms with Gasteiger partial charge in [0.2, 0.25) is 0 Å². The molecule has 0 spiro atoms. The number of benzene rings is 8. The number of anilines is 2. The molecule has 0 aliphatic carbocycles. The highest BCUT2D eigenvalue weighted by Crippen LogP contribution is 2.40. The summed E-state index contributed by atoms with van der Waals surface area (Å²) in [6.07, 6.45) is 0. The second-order valence-electron chi connectivity index (χ2n) is 16.2. The van der Waals surface area contributed by atoms with Crippen LogP contribution in [0.1, 0.15) is 33.4 Å². The molecular formula is C50H43N9O7S2.